The molecule has 0 bridgehead atoms. The largest absolute Gasteiger partial charge is 0.321 e. The van der Waals surface area contributed by atoms with Crippen molar-refractivity contribution >= 4 is 11.6 Å². The van der Waals surface area contributed by atoms with Gasteiger partial charge in [0.05, 0.1) is 12.1 Å². The van der Waals surface area contributed by atoms with Crippen molar-refractivity contribution in [1.82, 2.24) is 4.98 Å². The third-order valence-electron chi connectivity index (χ3n) is 2.76. The summed E-state index contributed by atoms with van der Waals surface area (Å²) in [6, 6.07) is 7.74. The molecule has 21 heavy (non-hydrogen) atoms. The summed E-state index contributed by atoms with van der Waals surface area (Å²) in [6.45, 7) is 1.83. The van der Waals surface area contributed by atoms with Crippen LogP contribution in [0, 0.1) is 24.6 Å². The zero-order valence-electron chi connectivity index (χ0n) is 11.5. The van der Waals surface area contributed by atoms with E-state index in [0.717, 1.165) is 0 Å². The number of rotatable bonds is 2. The van der Waals surface area contributed by atoms with Crippen molar-refractivity contribution in [3.05, 3.63) is 59.2 Å². The van der Waals surface area contributed by atoms with Gasteiger partial charge in [0, 0.05) is 11.9 Å². The summed E-state index contributed by atoms with van der Waals surface area (Å²) in [5, 5.41) is 2.68. The van der Waals surface area contributed by atoms with Crippen molar-refractivity contribution in [3.8, 4) is 11.8 Å². The minimum atomic E-state index is -0.400. The Balaban J connectivity index is 2.26. The van der Waals surface area contributed by atoms with Gasteiger partial charge in [-0.2, -0.15) is 0 Å². The van der Waals surface area contributed by atoms with Gasteiger partial charge in [0.15, 0.2) is 0 Å². The van der Waals surface area contributed by atoms with Gasteiger partial charge in [-0.05, 0) is 42.8 Å². The molecule has 2 rings (SSSR count). The highest BCUT2D eigenvalue weighted by Gasteiger charge is 2.12. The first-order chi connectivity index (χ1) is 10.1. The Kier molecular flexibility index (Phi) is 4.64. The molecule has 0 radical (unpaired) electrons. The van der Waals surface area contributed by atoms with Crippen molar-refractivity contribution in [2.45, 2.75) is 6.92 Å². The zero-order valence-corrected chi connectivity index (χ0v) is 11.5. The normalized spacial score (nSPS) is 9.67. The first-order valence-electron chi connectivity index (χ1n) is 6.33. The van der Waals surface area contributed by atoms with Gasteiger partial charge in [0.25, 0.3) is 5.91 Å². The minimum absolute atomic E-state index is 0.201. The number of nitrogens with zero attached hydrogens (tertiary/aromatic N) is 1. The fraction of sp³-hybridized carbons (Fsp3) is 0.125. The van der Waals surface area contributed by atoms with E-state index in [1.165, 1.54) is 18.3 Å². The van der Waals surface area contributed by atoms with Gasteiger partial charge in [0.2, 0.25) is 0 Å². The highest BCUT2D eigenvalue weighted by molar-refractivity contribution is 6.04. The van der Waals surface area contributed by atoms with Crippen LogP contribution in [0.15, 0.2) is 36.5 Å². The van der Waals surface area contributed by atoms with Crippen LogP contribution in [-0.4, -0.2) is 17.4 Å². The molecule has 3 N–H and O–H groups in total. The number of hydrogen-bond acceptors (Lipinski definition) is 3. The Bertz CT molecular complexity index is 732. The summed E-state index contributed by atoms with van der Waals surface area (Å²) >= 11 is 0. The van der Waals surface area contributed by atoms with E-state index in [0.29, 0.717) is 16.8 Å². The molecule has 1 aromatic heterocycles. The molecular formula is C16H14FN3O. The fourth-order valence-corrected chi connectivity index (χ4v) is 1.75. The topological polar surface area (TPSA) is 68.0 Å². The second kappa shape index (κ2) is 6.64. The van der Waals surface area contributed by atoms with E-state index in [2.05, 4.69) is 22.1 Å². The number of nitrogens with one attached hydrogen (secondary N) is 1. The second-order valence-corrected chi connectivity index (χ2v) is 4.32. The lowest BCUT2D eigenvalue weighted by molar-refractivity contribution is 0.102. The molecule has 5 heteroatoms. The lowest BCUT2D eigenvalue weighted by Gasteiger charge is -2.07. The number of halogens is 1. The minimum Gasteiger partial charge on any atom is -0.321 e. The number of benzene rings is 1. The van der Waals surface area contributed by atoms with E-state index >= 15 is 0 Å². The monoisotopic (exact) mass is 283 g/mol. The third kappa shape index (κ3) is 3.65. The lowest BCUT2D eigenvalue weighted by atomic mass is 10.1. The van der Waals surface area contributed by atoms with Crippen molar-refractivity contribution in [2.75, 3.05) is 11.9 Å². The van der Waals surface area contributed by atoms with E-state index in [4.69, 9.17) is 5.73 Å². The molecule has 0 unspecified atom stereocenters. The lowest BCUT2D eigenvalue weighted by Crippen LogP contribution is -2.15. The van der Waals surface area contributed by atoms with Gasteiger partial charge in [0.1, 0.15) is 11.5 Å². The van der Waals surface area contributed by atoms with Crippen LogP contribution in [0.25, 0.3) is 0 Å². The number of pyridine rings is 1. The molecule has 106 valence electrons. The van der Waals surface area contributed by atoms with E-state index in [1.54, 1.807) is 25.1 Å². The molecule has 0 aliphatic carbocycles. The maximum Gasteiger partial charge on any atom is 0.275 e. The maximum atomic E-state index is 13.2. The van der Waals surface area contributed by atoms with E-state index in [-0.39, 0.29) is 18.1 Å². The Morgan fingerprint density at radius 2 is 2.24 bits per heavy atom. The van der Waals surface area contributed by atoms with Crippen LogP contribution in [-0.2, 0) is 0 Å². The molecule has 0 saturated heterocycles. The molecule has 4 nitrogen and oxygen atoms in total. The number of carbonyl (C=O) groups is 1. The van der Waals surface area contributed by atoms with E-state index in [1.807, 2.05) is 0 Å². The number of anilines is 1. The second-order valence-electron chi connectivity index (χ2n) is 4.32. The van der Waals surface area contributed by atoms with Crippen LogP contribution in [0.3, 0.4) is 0 Å². The molecule has 2 aromatic rings. The molecule has 1 aromatic carbocycles. The number of nitrogens with two attached hydrogens (primary N) is 1. The fourth-order valence-electron chi connectivity index (χ4n) is 1.75. The van der Waals surface area contributed by atoms with Crippen LogP contribution in [0.1, 0.15) is 21.6 Å². The Hall–Kier alpha value is -2.71. The summed E-state index contributed by atoms with van der Waals surface area (Å²) in [5.74, 6) is 4.77. The van der Waals surface area contributed by atoms with Gasteiger partial charge >= 0.3 is 0 Å². The Labute approximate surface area is 122 Å². The molecule has 1 heterocycles. The highest BCUT2D eigenvalue weighted by Crippen LogP contribution is 2.15. The predicted molar refractivity (Wildman–Crippen MR) is 79.3 cm³/mol. The average Bonchev–Trinajstić information content (AvgIpc) is 2.49. The molecular weight excluding hydrogens is 269 g/mol. The van der Waals surface area contributed by atoms with Crippen LogP contribution < -0.4 is 11.1 Å². The molecule has 0 aliphatic heterocycles. The highest BCUT2D eigenvalue weighted by atomic mass is 19.1. The van der Waals surface area contributed by atoms with Gasteiger partial charge < -0.3 is 11.1 Å². The molecule has 0 saturated carbocycles. The number of hydrogen-bond donors (Lipinski definition) is 2. The Morgan fingerprint density at radius 3 is 2.95 bits per heavy atom. The van der Waals surface area contributed by atoms with Crippen molar-refractivity contribution in [3.63, 3.8) is 0 Å². The molecule has 0 aliphatic rings. The number of carbonyl (C=O) groups excluding carboxylic acids is 1. The summed E-state index contributed by atoms with van der Waals surface area (Å²) < 4.78 is 13.2. The van der Waals surface area contributed by atoms with Crippen molar-refractivity contribution in [2.24, 2.45) is 5.73 Å². The number of aryl methyl sites for hydroxylation is 1. The van der Waals surface area contributed by atoms with Crippen molar-refractivity contribution in [1.29, 1.82) is 0 Å². The van der Waals surface area contributed by atoms with E-state index in [9.17, 15) is 9.18 Å². The number of amides is 1. The molecule has 0 fully saturated rings. The summed E-state index contributed by atoms with van der Waals surface area (Å²) in [7, 11) is 0. The third-order valence-corrected chi connectivity index (χ3v) is 2.76. The SMILES string of the molecule is Cc1cc(NC(=O)c2ncccc2C#CCN)ccc1F. The molecule has 0 atom stereocenters. The maximum absolute atomic E-state index is 13.2. The van der Waals surface area contributed by atoms with Crippen LogP contribution in [0.5, 0.6) is 0 Å². The Morgan fingerprint density at radius 1 is 1.43 bits per heavy atom. The quantitative estimate of drug-likeness (QED) is 0.829. The number of aromatic nitrogens is 1. The predicted octanol–water partition coefficient (Wildman–Crippen LogP) is 2.09. The zero-order chi connectivity index (χ0) is 15.2. The van der Waals surface area contributed by atoms with Crippen molar-refractivity contribution < 1.29 is 9.18 Å². The average molecular weight is 283 g/mol. The summed E-state index contributed by atoms with van der Waals surface area (Å²) in [4.78, 5) is 16.3. The first-order valence-corrected chi connectivity index (χ1v) is 6.33. The van der Waals surface area contributed by atoms with Gasteiger partial charge in [-0.15, -0.1) is 0 Å². The standard InChI is InChI=1S/C16H14FN3O/c1-11-10-13(6-7-14(11)17)20-16(21)15-12(4-2-8-18)5-3-9-19-15/h3,5-7,9-10H,8,18H2,1H3,(H,20,21). The summed E-state index contributed by atoms with van der Waals surface area (Å²) in [5.41, 5.74) is 6.99. The van der Waals surface area contributed by atoms with Gasteiger partial charge in [-0.25, -0.2) is 9.37 Å². The smallest absolute Gasteiger partial charge is 0.275 e. The molecule has 1 amide bonds. The van der Waals surface area contributed by atoms with Gasteiger partial charge in [-0.3, -0.25) is 4.79 Å². The van der Waals surface area contributed by atoms with Crippen LogP contribution in [0.2, 0.25) is 0 Å². The first kappa shape index (κ1) is 14.7. The van der Waals surface area contributed by atoms with Gasteiger partial charge in [-0.1, -0.05) is 11.8 Å². The molecule has 0 spiro atoms. The van der Waals surface area contributed by atoms with E-state index < -0.39 is 5.91 Å². The van der Waals surface area contributed by atoms with Crippen LogP contribution in [0.4, 0.5) is 10.1 Å². The summed E-state index contributed by atoms with van der Waals surface area (Å²) in [6.07, 6.45) is 1.51. The van der Waals surface area contributed by atoms with Crippen LogP contribution >= 0.6 is 0 Å².